The van der Waals surface area contributed by atoms with E-state index in [4.69, 9.17) is 39.5 Å². The molecule has 2 rings (SSSR count). The van der Waals surface area contributed by atoms with E-state index in [-0.39, 0.29) is 0 Å². The molecule has 112 valence electrons. The van der Waals surface area contributed by atoms with Crippen LogP contribution in [-0.4, -0.2) is 10.9 Å². The summed E-state index contributed by atoms with van der Waals surface area (Å²) in [6.45, 7) is 2.03. The van der Waals surface area contributed by atoms with E-state index in [1.165, 1.54) is 5.56 Å². The molecule has 0 saturated heterocycles. The first-order valence-electron chi connectivity index (χ1n) is 6.44. The highest BCUT2D eigenvalue weighted by atomic mass is 35.6. The Balaban J connectivity index is 2.27. The number of hydrogen-bond donors (Lipinski definition) is 1. The van der Waals surface area contributed by atoms with Gasteiger partial charge in [0.2, 0.25) is 3.79 Å². The van der Waals surface area contributed by atoms with Gasteiger partial charge in [-0.15, -0.1) is 0 Å². The summed E-state index contributed by atoms with van der Waals surface area (Å²) in [5.74, 6) is 0.761. The van der Waals surface area contributed by atoms with Crippen LogP contribution in [0.3, 0.4) is 0 Å². The van der Waals surface area contributed by atoms with Crippen molar-refractivity contribution in [3.8, 4) is 5.75 Å². The summed E-state index contributed by atoms with van der Waals surface area (Å²) >= 11 is 18.4. The van der Waals surface area contributed by atoms with Crippen LogP contribution in [0.5, 0.6) is 5.75 Å². The molecule has 0 aliphatic carbocycles. The molecule has 0 radical (unpaired) electrons. The third kappa shape index (κ3) is 4.44. The van der Waals surface area contributed by atoms with E-state index >= 15 is 0 Å². The summed E-state index contributed by atoms with van der Waals surface area (Å²) in [7, 11) is 1.62. The van der Waals surface area contributed by atoms with Crippen LogP contribution in [0.4, 0.5) is 5.69 Å². The lowest BCUT2D eigenvalue weighted by Crippen LogP contribution is -2.25. The fourth-order valence-corrected chi connectivity index (χ4v) is 2.51. The number of hydrogen-bond acceptors (Lipinski definition) is 2. The third-order valence-corrected chi connectivity index (χ3v) is 3.79. The van der Waals surface area contributed by atoms with E-state index in [9.17, 15) is 0 Å². The predicted molar refractivity (Wildman–Crippen MR) is 90.8 cm³/mol. The molecule has 1 N–H and O–H groups in total. The first kappa shape index (κ1) is 16.3. The SMILES string of the molecule is COc1ccc(C(Nc2ccc(C)cc2)C(Cl)(Cl)Cl)cc1. The van der Waals surface area contributed by atoms with Gasteiger partial charge in [0.25, 0.3) is 0 Å². The molecule has 1 atom stereocenters. The van der Waals surface area contributed by atoms with E-state index in [1.54, 1.807) is 7.11 Å². The van der Waals surface area contributed by atoms with Gasteiger partial charge < -0.3 is 10.1 Å². The summed E-state index contributed by atoms with van der Waals surface area (Å²) in [6.07, 6.45) is 0. The maximum Gasteiger partial charge on any atom is 0.214 e. The van der Waals surface area contributed by atoms with E-state index in [1.807, 2.05) is 55.5 Å². The summed E-state index contributed by atoms with van der Waals surface area (Å²) in [5, 5.41) is 3.26. The highest BCUT2D eigenvalue weighted by Gasteiger charge is 2.34. The number of ether oxygens (including phenoxy) is 1. The summed E-state index contributed by atoms with van der Waals surface area (Å²) < 4.78 is 3.67. The fourth-order valence-electron chi connectivity index (χ4n) is 1.97. The van der Waals surface area contributed by atoms with E-state index in [0.29, 0.717) is 0 Å². The van der Waals surface area contributed by atoms with Gasteiger partial charge in [-0.1, -0.05) is 64.6 Å². The molecule has 2 nitrogen and oxygen atoms in total. The normalized spacial score (nSPS) is 12.8. The number of benzene rings is 2. The van der Waals surface area contributed by atoms with Crippen molar-refractivity contribution >= 4 is 40.5 Å². The van der Waals surface area contributed by atoms with Gasteiger partial charge in [0.1, 0.15) is 5.75 Å². The maximum absolute atomic E-state index is 6.13. The zero-order chi connectivity index (χ0) is 15.5. The van der Waals surface area contributed by atoms with Crippen molar-refractivity contribution in [2.24, 2.45) is 0 Å². The largest absolute Gasteiger partial charge is 0.497 e. The molecule has 0 amide bonds. The van der Waals surface area contributed by atoms with Crippen LogP contribution >= 0.6 is 34.8 Å². The quantitative estimate of drug-likeness (QED) is 0.737. The van der Waals surface area contributed by atoms with Gasteiger partial charge in [0.05, 0.1) is 13.2 Å². The van der Waals surface area contributed by atoms with Gasteiger partial charge in [-0.25, -0.2) is 0 Å². The maximum atomic E-state index is 6.13. The summed E-state index contributed by atoms with van der Waals surface area (Å²) in [6, 6.07) is 14.9. The Morgan fingerprint density at radius 1 is 0.952 bits per heavy atom. The molecule has 1 unspecified atom stereocenters. The number of rotatable bonds is 4. The summed E-state index contributed by atoms with van der Waals surface area (Å²) in [5.41, 5.74) is 2.94. The monoisotopic (exact) mass is 343 g/mol. The number of alkyl halides is 3. The Morgan fingerprint density at radius 2 is 1.52 bits per heavy atom. The van der Waals surface area contributed by atoms with Gasteiger partial charge in [-0.2, -0.15) is 0 Å². The molecule has 0 saturated carbocycles. The average molecular weight is 345 g/mol. The van der Waals surface area contributed by atoms with Crippen LogP contribution in [-0.2, 0) is 0 Å². The van der Waals surface area contributed by atoms with Crippen molar-refractivity contribution < 1.29 is 4.74 Å². The number of methoxy groups -OCH3 is 1. The Kier molecular flexibility index (Phi) is 5.26. The fraction of sp³-hybridized carbons (Fsp3) is 0.250. The highest BCUT2D eigenvalue weighted by molar-refractivity contribution is 6.68. The van der Waals surface area contributed by atoms with Crippen molar-refractivity contribution in [3.63, 3.8) is 0 Å². The topological polar surface area (TPSA) is 21.3 Å². The van der Waals surface area contributed by atoms with Gasteiger partial charge >= 0.3 is 0 Å². The van der Waals surface area contributed by atoms with Gasteiger partial charge in [0, 0.05) is 5.69 Å². The van der Waals surface area contributed by atoms with Crippen LogP contribution in [0.2, 0.25) is 0 Å². The molecule has 0 bridgehead atoms. The molecule has 0 spiro atoms. The minimum absolute atomic E-state index is 0.462. The first-order valence-corrected chi connectivity index (χ1v) is 7.57. The molecule has 21 heavy (non-hydrogen) atoms. The van der Waals surface area contributed by atoms with Crippen molar-refractivity contribution in [1.29, 1.82) is 0 Å². The van der Waals surface area contributed by atoms with Crippen molar-refractivity contribution in [2.75, 3.05) is 12.4 Å². The molecule has 5 heteroatoms. The minimum atomic E-state index is -1.47. The van der Waals surface area contributed by atoms with Crippen molar-refractivity contribution in [2.45, 2.75) is 16.8 Å². The molecule has 2 aromatic carbocycles. The standard InChI is InChI=1S/C16H16Cl3NO/c1-11-3-7-13(8-4-11)20-15(16(17,18)19)12-5-9-14(21-2)10-6-12/h3-10,15,20H,1-2H3. The van der Waals surface area contributed by atoms with Crippen LogP contribution in [0.1, 0.15) is 17.2 Å². The second-order valence-electron chi connectivity index (χ2n) is 4.76. The lowest BCUT2D eigenvalue weighted by atomic mass is 10.1. The van der Waals surface area contributed by atoms with Crippen molar-refractivity contribution in [1.82, 2.24) is 0 Å². The number of halogens is 3. The molecule has 0 aromatic heterocycles. The average Bonchev–Trinajstić information content (AvgIpc) is 2.45. The number of anilines is 1. The van der Waals surface area contributed by atoms with Crippen LogP contribution in [0, 0.1) is 6.92 Å². The van der Waals surface area contributed by atoms with Gasteiger partial charge in [-0.05, 0) is 36.8 Å². The molecular formula is C16H16Cl3NO. The molecule has 2 aromatic rings. The molecule has 0 aliphatic heterocycles. The minimum Gasteiger partial charge on any atom is -0.497 e. The second kappa shape index (κ2) is 6.78. The molecule has 0 fully saturated rings. The zero-order valence-electron chi connectivity index (χ0n) is 11.7. The Hall–Kier alpha value is -1.09. The predicted octanol–water partition coefficient (Wildman–Crippen LogP) is 5.53. The van der Waals surface area contributed by atoms with Gasteiger partial charge in [-0.3, -0.25) is 0 Å². The second-order valence-corrected chi connectivity index (χ2v) is 7.13. The molecule has 0 heterocycles. The highest BCUT2D eigenvalue weighted by Crippen LogP contribution is 2.42. The molecule has 0 aliphatic rings. The Labute approximate surface area is 140 Å². The lowest BCUT2D eigenvalue weighted by Gasteiger charge is -2.27. The summed E-state index contributed by atoms with van der Waals surface area (Å²) in [4.78, 5) is 0. The number of aryl methyl sites for hydroxylation is 1. The Bertz CT molecular complexity index is 576. The first-order chi connectivity index (χ1) is 9.90. The lowest BCUT2D eigenvalue weighted by molar-refractivity contribution is 0.414. The van der Waals surface area contributed by atoms with E-state index < -0.39 is 9.83 Å². The van der Waals surface area contributed by atoms with Crippen LogP contribution in [0.15, 0.2) is 48.5 Å². The van der Waals surface area contributed by atoms with Crippen molar-refractivity contribution in [3.05, 3.63) is 59.7 Å². The smallest absolute Gasteiger partial charge is 0.214 e. The van der Waals surface area contributed by atoms with Crippen LogP contribution in [0.25, 0.3) is 0 Å². The van der Waals surface area contributed by atoms with E-state index in [2.05, 4.69) is 5.32 Å². The Morgan fingerprint density at radius 3 is 2.00 bits per heavy atom. The third-order valence-electron chi connectivity index (χ3n) is 3.14. The molecular weight excluding hydrogens is 329 g/mol. The van der Waals surface area contributed by atoms with E-state index in [0.717, 1.165) is 17.0 Å². The van der Waals surface area contributed by atoms with Crippen LogP contribution < -0.4 is 10.1 Å². The number of nitrogens with one attached hydrogen (secondary N) is 1. The zero-order valence-corrected chi connectivity index (χ0v) is 14.0. The van der Waals surface area contributed by atoms with Gasteiger partial charge in [0.15, 0.2) is 0 Å².